The molecule has 0 aliphatic carbocycles. The third kappa shape index (κ3) is 4.91. The van der Waals surface area contributed by atoms with Crippen molar-refractivity contribution in [3.05, 3.63) is 54.1 Å². The number of nitrogens with one attached hydrogen (secondary N) is 1. The number of benzene rings is 2. The summed E-state index contributed by atoms with van der Waals surface area (Å²) in [4.78, 5) is 30.1. The number of sulfonamides is 1. The number of nitrogens with zero attached hydrogens (tertiary/aromatic N) is 3. The number of likely N-dealkylation sites (tertiary alicyclic amines) is 1. The SMILES string of the molecule is CSc1ccccc1NC(=O)CN(C)C(=O)C1CCCN(C2=NS(=O)(=O)c3ccccc32)C1. The van der Waals surface area contributed by atoms with Gasteiger partial charge < -0.3 is 15.1 Å². The number of rotatable bonds is 5. The van der Waals surface area contributed by atoms with Crippen LogP contribution < -0.4 is 5.32 Å². The maximum absolute atomic E-state index is 13.1. The first kappa shape index (κ1) is 23.3. The second-order valence-electron chi connectivity index (χ2n) is 8.11. The molecule has 1 atom stereocenters. The third-order valence-corrected chi connectivity index (χ3v) is 7.94. The van der Waals surface area contributed by atoms with Gasteiger partial charge in [0.15, 0.2) is 5.84 Å². The lowest BCUT2D eigenvalue weighted by Crippen LogP contribution is -2.47. The summed E-state index contributed by atoms with van der Waals surface area (Å²) < 4.78 is 28.8. The molecule has 2 amide bonds. The fourth-order valence-corrected chi connectivity index (χ4v) is 6.01. The molecular formula is C23H26N4O4S2. The van der Waals surface area contributed by atoms with Crippen molar-refractivity contribution in [1.82, 2.24) is 9.80 Å². The Morgan fingerprint density at radius 1 is 1.18 bits per heavy atom. The maximum atomic E-state index is 13.1. The van der Waals surface area contributed by atoms with Crippen LogP contribution in [0.3, 0.4) is 0 Å². The monoisotopic (exact) mass is 486 g/mol. The molecule has 0 bridgehead atoms. The zero-order valence-corrected chi connectivity index (χ0v) is 20.2. The minimum absolute atomic E-state index is 0.0593. The molecule has 1 fully saturated rings. The number of fused-ring (bicyclic) bond motifs is 1. The largest absolute Gasteiger partial charge is 0.355 e. The average molecular weight is 487 g/mol. The van der Waals surface area contributed by atoms with Crippen LogP contribution in [-0.4, -0.2) is 68.8 Å². The number of hydrogen-bond acceptors (Lipinski definition) is 6. The lowest BCUT2D eigenvalue weighted by atomic mass is 9.96. The number of piperidine rings is 1. The number of thioether (sulfide) groups is 1. The Morgan fingerprint density at radius 3 is 2.70 bits per heavy atom. The number of amidine groups is 1. The lowest BCUT2D eigenvalue weighted by molar-refractivity contribution is -0.138. The van der Waals surface area contributed by atoms with Gasteiger partial charge in [0.25, 0.3) is 10.0 Å². The molecule has 2 heterocycles. The molecule has 10 heteroatoms. The molecule has 0 radical (unpaired) electrons. The van der Waals surface area contributed by atoms with Crippen LogP contribution in [0.4, 0.5) is 5.69 Å². The van der Waals surface area contributed by atoms with Crippen LogP contribution in [0.25, 0.3) is 0 Å². The molecule has 1 unspecified atom stereocenters. The summed E-state index contributed by atoms with van der Waals surface area (Å²) in [6.45, 7) is 0.932. The lowest BCUT2D eigenvalue weighted by Gasteiger charge is -2.35. The Morgan fingerprint density at radius 2 is 1.91 bits per heavy atom. The van der Waals surface area contributed by atoms with E-state index in [0.29, 0.717) is 30.9 Å². The third-order valence-electron chi connectivity index (χ3n) is 5.82. The normalized spacial score (nSPS) is 18.9. The van der Waals surface area contributed by atoms with Gasteiger partial charge in [-0.2, -0.15) is 8.42 Å². The highest BCUT2D eigenvalue weighted by atomic mass is 32.2. The van der Waals surface area contributed by atoms with Crippen LogP contribution in [0.1, 0.15) is 18.4 Å². The quantitative estimate of drug-likeness (QED) is 0.653. The van der Waals surface area contributed by atoms with Gasteiger partial charge >= 0.3 is 0 Å². The summed E-state index contributed by atoms with van der Waals surface area (Å²) in [6, 6.07) is 14.3. The number of carbonyl (C=O) groups excluding carboxylic acids is 2. The highest BCUT2D eigenvalue weighted by Gasteiger charge is 2.36. The topological polar surface area (TPSA) is 99.2 Å². The van der Waals surface area contributed by atoms with Gasteiger partial charge in [0.05, 0.1) is 18.2 Å². The molecule has 2 aromatic rings. The van der Waals surface area contributed by atoms with Crippen molar-refractivity contribution in [1.29, 1.82) is 0 Å². The molecule has 174 valence electrons. The number of amides is 2. The first-order valence-electron chi connectivity index (χ1n) is 10.7. The van der Waals surface area contributed by atoms with Crippen LogP contribution in [0.5, 0.6) is 0 Å². The van der Waals surface area contributed by atoms with Gasteiger partial charge in [0, 0.05) is 30.6 Å². The van der Waals surface area contributed by atoms with Crippen molar-refractivity contribution in [2.24, 2.45) is 10.3 Å². The van der Waals surface area contributed by atoms with Crippen molar-refractivity contribution in [3.8, 4) is 0 Å². The number of para-hydroxylation sites is 1. The molecule has 0 saturated carbocycles. The highest BCUT2D eigenvalue weighted by Crippen LogP contribution is 2.30. The zero-order valence-electron chi connectivity index (χ0n) is 18.5. The summed E-state index contributed by atoms with van der Waals surface area (Å²) in [7, 11) is -2.09. The molecule has 2 aliphatic heterocycles. The van der Waals surface area contributed by atoms with Gasteiger partial charge in [-0.25, -0.2) is 0 Å². The van der Waals surface area contributed by atoms with Gasteiger partial charge in [0.2, 0.25) is 11.8 Å². The average Bonchev–Trinajstić information content (AvgIpc) is 3.10. The number of anilines is 1. The van der Waals surface area contributed by atoms with E-state index in [-0.39, 0.29) is 29.2 Å². The van der Waals surface area contributed by atoms with Gasteiger partial charge in [-0.05, 0) is 43.4 Å². The summed E-state index contributed by atoms with van der Waals surface area (Å²) in [5, 5.41) is 2.87. The van der Waals surface area contributed by atoms with Crippen LogP contribution in [0.15, 0.2) is 62.7 Å². The zero-order chi connectivity index (χ0) is 23.6. The molecule has 2 aliphatic rings. The Labute approximate surface area is 198 Å². The van der Waals surface area contributed by atoms with Gasteiger partial charge in [-0.15, -0.1) is 16.2 Å². The van der Waals surface area contributed by atoms with Crippen LogP contribution in [0, 0.1) is 5.92 Å². The Bertz CT molecular complexity index is 1210. The molecule has 0 aromatic heterocycles. The van der Waals surface area contributed by atoms with Crippen molar-refractivity contribution in [3.63, 3.8) is 0 Å². The second kappa shape index (κ2) is 9.56. The van der Waals surface area contributed by atoms with Gasteiger partial charge in [-0.3, -0.25) is 9.59 Å². The minimum atomic E-state index is -3.71. The Hall–Kier alpha value is -2.85. The molecular weight excluding hydrogens is 460 g/mol. The second-order valence-corrected chi connectivity index (χ2v) is 10.5. The molecule has 33 heavy (non-hydrogen) atoms. The van der Waals surface area contributed by atoms with E-state index in [9.17, 15) is 18.0 Å². The summed E-state index contributed by atoms with van der Waals surface area (Å²) in [6.07, 6.45) is 3.35. The summed E-state index contributed by atoms with van der Waals surface area (Å²) in [5.41, 5.74) is 1.30. The molecule has 0 spiro atoms. The van der Waals surface area contributed by atoms with Gasteiger partial charge in [-0.1, -0.05) is 24.3 Å². The van der Waals surface area contributed by atoms with Crippen LogP contribution >= 0.6 is 11.8 Å². The molecule has 1 N–H and O–H groups in total. The number of hydrogen-bond donors (Lipinski definition) is 1. The van der Waals surface area contributed by atoms with Gasteiger partial charge in [0.1, 0.15) is 4.90 Å². The fourth-order valence-electron chi connectivity index (χ4n) is 4.23. The maximum Gasteiger partial charge on any atom is 0.285 e. The first-order chi connectivity index (χ1) is 15.8. The number of likely N-dealkylation sites (N-methyl/N-ethyl adjacent to an activating group) is 1. The minimum Gasteiger partial charge on any atom is -0.355 e. The summed E-state index contributed by atoms with van der Waals surface area (Å²) in [5.74, 6) is -0.340. The fraction of sp³-hybridized carbons (Fsp3) is 0.348. The van der Waals surface area contributed by atoms with E-state index in [1.165, 1.54) is 16.7 Å². The Balaban J connectivity index is 1.41. The standard InChI is InChI=1S/C23H26N4O4S2/c1-26(15-21(28)24-18-10-4-5-11-19(18)32-2)23(29)16-8-7-13-27(14-16)22-17-9-3-6-12-20(17)33(30,31)25-22/h3-6,9-12,16H,7-8,13-15H2,1-2H3,(H,24,28). The van der Waals surface area contributed by atoms with Crippen molar-refractivity contribution in [2.45, 2.75) is 22.6 Å². The van der Waals surface area contributed by atoms with E-state index in [4.69, 9.17) is 0 Å². The van der Waals surface area contributed by atoms with Crippen LogP contribution in [0.2, 0.25) is 0 Å². The van der Waals surface area contributed by atoms with Crippen molar-refractivity contribution in [2.75, 3.05) is 38.3 Å². The molecule has 8 nitrogen and oxygen atoms in total. The van der Waals surface area contributed by atoms with E-state index in [1.54, 1.807) is 31.3 Å². The molecule has 4 rings (SSSR count). The van der Waals surface area contributed by atoms with E-state index in [2.05, 4.69) is 9.71 Å². The predicted octanol–water partition coefficient (Wildman–Crippen LogP) is 2.67. The molecule has 2 aromatic carbocycles. The highest BCUT2D eigenvalue weighted by molar-refractivity contribution is 7.98. The van der Waals surface area contributed by atoms with E-state index < -0.39 is 10.0 Å². The van der Waals surface area contributed by atoms with E-state index in [0.717, 1.165) is 17.0 Å². The smallest absolute Gasteiger partial charge is 0.285 e. The Kier molecular flexibility index (Phi) is 6.76. The van der Waals surface area contributed by atoms with Crippen molar-refractivity contribution >= 4 is 45.1 Å². The van der Waals surface area contributed by atoms with Crippen LogP contribution in [-0.2, 0) is 19.6 Å². The predicted molar refractivity (Wildman–Crippen MR) is 129 cm³/mol. The number of carbonyl (C=O) groups is 2. The van der Waals surface area contributed by atoms with Crippen molar-refractivity contribution < 1.29 is 18.0 Å². The first-order valence-corrected chi connectivity index (χ1v) is 13.3. The summed E-state index contributed by atoms with van der Waals surface area (Å²) >= 11 is 1.54. The van der Waals surface area contributed by atoms with E-state index in [1.807, 2.05) is 35.4 Å². The molecule has 1 saturated heterocycles. The van der Waals surface area contributed by atoms with E-state index >= 15 is 0 Å².